The Morgan fingerprint density at radius 2 is 1.90 bits per heavy atom. The van der Waals surface area contributed by atoms with Crippen LogP contribution in [0.3, 0.4) is 0 Å². The fourth-order valence-corrected chi connectivity index (χ4v) is 2.14. The quantitative estimate of drug-likeness (QED) is 0.836. The van der Waals surface area contributed by atoms with E-state index in [0.717, 1.165) is 17.9 Å². The van der Waals surface area contributed by atoms with E-state index in [4.69, 9.17) is 4.42 Å². The van der Waals surface area contributed by atoms with Crippen molar-refractivity contribution in [2.24, 2.45) is 5.92 Å². The summed E-state index contributed by atoms with van der Waals surface area (Å²) in [6.45, 7) is 7.32. The number of hydrogen-bond acceptors (Lipinski definition) is 4. The zero-order valence-electron chi connectivity index (χ0n) is 12.5. The van der Waals surface area contributed by atoms with Crippen LogP contribution in [0.2, 0.25) is 0 Å². The van der Waals surface area contributed by atoms with Crippen molar-refractivity contribution >= 4 is 0 Å². The van der Waals surface area contributed by atoms with Crippen molar-refractivity contribution in [2.45, 2.75) is 46.2 Å². The Balaban J connectivity index is 1.87. The average molecular weight is 273 g/mol. The molecule has 0 aliphatic carbocycles. The molecule has 0 aliphatic heterocycles. The molecule has 20 heavy (non-hydrogen) atoms. The Morgan fingerprint density at radius 3 is 2.60 bits per heavy atom. The Hall–Kier alpha value is -1.68. The van der Waals surface area contributed by atoms with E-state index in [1.54, 1.807) is 0 Å². The molecule has 2 atom stereocenters. The summed E-state index contributed by atoms with van der Waals surface area (Å²) < 4.78 is 5.67. The van der Waals surface area contributed by atoms with Gasteiger partial charge in [-0.15, -0.1) is 10.2 Å². The maximum Gasteiger partial charge on any atom is 0.247 e. The third-order valence-corrected chi connectivity index (χ3v) is 3.54. The molecular formula is C16H23N3O. The van der Waals surface area contributed by atoms with Gasteiger partial charge < -0.3 is 9.73 Å². The first-order chi connectivity index (χ1) is 9.69. The Kier molecular flexibility index (Phi) is 5.30. The molecular weight excluding hydrogens is 250 g/mol. The molecule has 0 radical (unpaired) electrons. The van der Waals surface area contributed by atoms with E-state index in [1.165, 1.54) is 6.42 Å². The highest BCUT2D eigenvalue weighted by molar-refractivity contribution is 5.51. The molecule has 0 aliphatic rings. The largest absolute Gasteiger partial charge is 0.419 e. The minimum absolute atomic E-state index is 0.456. The monoisotopic (exact) mass is 273 g/mol. The smallest absolute Gasteiger partial charge is 0.247 e. The fourth-order valence-electron chi connectivity index (χ4n) is 2.14. The van der Waals surface area contributed by atoms with Gasteiger partial charge in [0, 0.05) is 11.6 Å². The van der Waals surface area contributed by atoms with Crippen LogP contribution < -0.4 is 5.32 Å². The molecule has 4 nitrogen and oxygen atoms in total. The van der Waals surface area contributed by atoms with Gasteiger partial charge in [-0.2, -0.15) is 0 Å². The maximum atomic E-state index is 5.67. The number of rotatable bonds is 7. The standard InChI is InChI=1S/C16H23N3O/c1-4-12(2)10-13(3)17-11-15-18-19-16(20-15)14-8-6-5-7-9-14/h5-9,12-13,17H,4,10-11H2,1-3H3. The van der Waals surface area contributed by atoms with Crippen molar-refractivity contribution in [3.05, 3.63) is 36.2 Å². The first-order valence-electron chi connectivity index (χ1n) is 7.30. The molecule has 0 saturated heterocycles. The molecule has 0 spiro atoms. The van der Waals surface area contributed by atoms with Gasteiger partial charge in [0.1, 0.15) is 0 Å². The van der Waals surface area contributed by atoms with Gasteiger partial charge in [0.25, 0.3) is 0 Å². The number of aromatic nitrogens is 2. The highest BCUT2D eigenvalue weighted by atomic mass is 16.4. The van der Waals surface area contributed by atoms with Gasteiger partial charge in [0.05, 0.1) is 6.54 Å². The normalized spacial score (nSPS) is 14.2. The molecule has 2 unspecified atom stereocenters. The van der Waals surface area contributed by atoms with Crippen molar-refractivity contribution in [3.63, 3.8) is 0 Å². The predicted molar refractivity (Wildman–Crippen MR) is 80.1 cm³/mol. The summed E-state index contributed by atoms with van der Waals surface area (Å²) in [5.41, 5.74) is 0.957. The van der Waals surface area contributed by atoms with E-state index in [9.17, 15) is 0 Å². The van der Waals surface area contributed by atoms with Crippen LogP contribution in [-0.4, -0.2) is 16.2 Å². The first-order valence-corrected chi connectivity index (χ1v) is 7.30. The summed E-state index contributed by atoms with van der Waals surface area (Å²) in [5.74, 6) is 1.96. The third-order valence-electron chi connectivity index (χ3n) is 3.54. The van der Waals surface area contributed by atoms with Gasteiger partial charge in [-0.25, -0.2) is 0 Å². The summed E-state index contributed by atoms with van der Waals surface area (Å²) in [5, 5.41) is 11.6. The van der Waals surface area contributed by atoms with Crippen LogP contribution in [-0.2, 0) is 6.54 Å². The van der Waals surface area contributed by atoms with E-state index in [2.05, 4.69) is 36.3 Å². The molecule has 1 N–H and O–H groups in total. The number of benzene rings is 1. The predicted octanol–water partition coefficient (Wildman–Crippen LogP) is 3.65. The fraction of sp³-hybridized carbons (Fsp3) is 0.500. The first kappa shape index (κ1) is 14.7. The molecule has 0 saturated carbocycles. The summed E-state index contributed by atoms with van der Waals surface area (Å²) in [4.78, 5) is 0. The van der Waals surface area contributed by atoms with Crippen LogP contribution in [0.15, 0.2) is 34.7 Å². The van der Waals surface area contributed by atoms with Gasteiger partial charge in [-0.1, -0.05) is 38.5 Å². The molecule has 2 rings (SSSR count). The van der Waals surface area contributed by atoms with Crippen LogP contribution in [0.1, 0.15) is 39.5 Å². The van der Waals surface area contributed by atoms with E-state index in [1.807, 2.05) is 30.3 Å². The second kappa shape index (κ2) is 7.20. The SMILES string of the molecule is CCC(C)CC(C)NCc1nnc(-c2ccccc2)o1. The van der Waals surface area contributed by atoms with Crippen LogP contribution in [0.25, 0.3) is 11.5 Å². The molecule has 0 bridgehead atoms. The van der Waals surface area contributed by atoms with Gasteiger partial charge in [0.2, 0.25) is 11.8 Å². The Bertz CT molecular complexity index is 509. The lowest BCUT2D eigenvalue weighted by Gasteiger charge is -2.16. The van der Waals surface area contributed by atoms with Crippen molar-refractivity contribution in [3.8, 4) is 11.5 Å². The van der Waals surface area contributed by atoms with Crippen molar-refractivity contribution in [2.75, 3.05) is 0 Å². The minimum atomic E-state index is 0.456. The molecule has 4 heteroatoms. The van der Waals surface area contributed by atoms with Gasteiger partial charge in [-0.05, 0) is 31.4 Å². The lowest BCUT2D eigenvalue weighted by atomic mass is 10.0. The summed E-state index contributed by atoms with van der Waals surface area (Å²) in [6.07, 6.45) is 2.38. The minimum Gasteiger partial charge on any atom is -0.419 e. The number of nitrogens with zero attached hydrogens (tertiary/aromatic N) is 2. The summed E-state index contributed by atoms with van der Waals surface area (Å²) in [7, 11) is 0. The molecule has 0 amide bonds. The van der Waals surface area contributed by atoms with E-state index in [0.29, 0.717) is 24.4 Å². The van der Waals surface area contributed by atoms with E-state index >= 15 is 0 Å². The highest BCUT2D eigenvalue weighted by Crippen LogP contribution is 2.17. The van der Waals surface area contributed by atoms with Gasteiger partial charge >= 0.3 is 0 Å². The Labute approximate surface area is 120 Å². The van der Waals surface area contributed by atoms with Crippen LogP contribution in [0.5, 0.6) is 0 Å². The average Bonchev–Trinajstić information content (AvgIpc) is 2.95. The van der Waals surface area contributed by atoms with E-state index < -0.39 is 0 Å². The van der Waals surface area contributed by atoms with Crippen LogP contribution >= 0.6 is 0 Å². The summed E-state index contributed by atoms with van der Waals surface area (Å²) >= 11 is 0. The van der Waals surface area contributed by atoms with Crippen molar-refractivity contribution in [1.82, 2.24) is 15.5 Å². The topological polar surface area (TPSA) is 51.0 Å². The van der Waals surface area contributed by atoms with Crippen molar-refractivity contribution < 1.29 is 4.42 Å². The van der Waals surface area contributed by atoms with E-state index in [-0.39, 0.29) is 0 Å². The molecule has 1 heterocycles. The zero-order chi connectivity index (χ0) is 14.4. The van der Waals surface area contributed by atoms with Gasteiger partial charge in [-0.3, -0.25) is 0 Å². The number of hydrogen-bond donors (Lipinski definition) is 1. The second-order valence-electron chi connectivity index (χ2n) is 5.40. The maximum absolute atomic E-state index is 5.67. The van der Waals surface area contributed by atoms with Crippen LogP contribution in [0, 0.1) is 5.92 Å². The van der Waals surface area contributed by atoms with Gasteiger partial charge in [0.15, 0.2) is 0 Å². The molecule has 2 aromatic rings. The number of nitrogens with one attached hydrogen (secondary N) is 1. The summed E-state index contributed by atoms with van der Waals surface area (Å²) in [6, 6.07) is 10.3. The molecule has 1 aromatic heterocycles. The molecule has 108 valence electrons. The zero-order valence-corrected chi connectivity index (χ0v) is 12.5. The third kappa shape index (κ3) is 4.17. The lowest BCUT2D eigenvalue weighted by molar-refractivity contribution is 0.388. The van der Waals surface area contributed by atoms with Crippen molar-refractivity contribution in [1.29, 1.82) is 0 Å². The second-order valence-corrected chi connectivity index (χ2v) is 5.40. The highest BCUT2D eigenvalue weighted by Gasteiger charge is 2.10. The van der Waals surface area contributed by atoms with Crippen LogP contribution in [0.4, 0.5) is 0 Å². The Morgan fingerprint density at radius 1 is 1.15 bits per heavy atom. The lowest BCUT2D eigenvalue weighted by Crippen LogP contribution is -2.27. The molecule has 1 aromatic carbocycles. The molecule has 0 fully saturated rings.